The van der Waals surface area contributed by atoms with E-state index < -0.39 is 29.9 Å². The fourth-order valence-electron chi connectivity index (χ4n) is 6.06. The zero-order valence-electron chi connectivity index (χ0n) is 29.8. The Kier molecular flexibility index (Phi) is 15.0. The monoisotopic (exact) mass is 712 g/mol. The zero-order chi connectivity index (χ0) is 35.6. The van der Waals surface area contributed by atoms with Crippen molar-refractivity contribution >= 4 is 11.8 Å². The van der Waals surface area contributed by atoms with Gasteiger partial charge in [0, 0.05) is 16.9 Å². The van der Waals surface area contributed by atoms with Crippen molar-refractivity contribution in [1.29, 1.82) is 0 Å². The quantitative estimate of drug-likeness (QED) is 0.0707. The Labute approximate surface area is 313 Å². The van der Waals surface area contributed by atoms with Crippen LogP contribution in [0.3, 0.4) is 0 Å². The molecule has 0 bridgehead atoms. The summed E-state index contributed by atoms with van der Waals surface area (Å²) in [6.45, 7) is 4.17. The minimum absolute atomic E-state index is 0.320. The molecule has 1 fully saturated rings. The third-order valence-corrected chi connectivity index (χ3v) is 10.1. The summed E-state index contributed by atoms with van der Waals surface area (Å²) in [7, 11) is 0. The van der Waals surface area contributed by atoms with Crippen molar-refractivity contribution in [3.8, 4) is 11.8 Å². The highest BCUT2D eigenvalue weighted by Gasteiger charge is 2.49. The Morgan fingerprint density at radius 3 is 1.60 bits per heavy atom. The summed E-state index contributed by atoms with van der Waals surface area (Å²) < 4.78 is 34.1. The highest BCUT2D eigenvalue weighted by molar-refractivity contribution is 7.99. The highest BCUT2D eigenvalue weighted by Crippen LogP contribution is 2.39. The SMILES string of the molecule is CCCCC#Cc1ccccc1S[C@@H]1O[C@H](COCc2ccccc2)[C@@H](OCc2ccccc2)[C@H](OCc2ccccc2)[C@H]1OCc1ccccc1. The normalized spacial score (nSPS) is 19.8. The molecule has 0 saturated carbocycles. The van der Waals surface area contributed by atoms with E-state index in [4.69, 9.17) is 23.7 Å². The predicted molar refractivity (Wildman–Crippen MR) is 209 cm³/mol. The van der Waals surface area contributed by atoms with Gasteiger partial charge in [0.25, 0.3) is 0 Å². The first-order valence-corrected chi connectivity index (χ1v) is 19.1. The highest BCUT2D eigenvalue weighted by atomic mass is 32.2. The molecule has 6 rings (SSSR count). The number of hydrogen-bond donors (Lipinski definition) is 0. The molecule has 1 heterocycles. The maximum Gasteiger partial charge on any atom is 0.137 e. The van der Waals surface area contributed by atoms with Gasteiger partial charge in [-0.05, 0) is 40.8 Å². The molecule has 1 aliphatic rings. The fraction of sp³-hybridized carbons (Fsp3) is 0.304. The topological polar surface area (TPSA) is 46.2 Å². The summed E-state index contributed by atoms with van der Waals surface area (Å²) in [6.07, 6.45) is 1.18. The van der Waals surface area contributed by atoms with Crippen molar-refractivity contribution in [2.24, 2.45) is 0 Å². The van der Waals surface area contributed by atoms with E-state index in [0.29, 0.717) is 33.0 Å². The average molecular weight is 713 g/mol. The van der Waals surface area contributed by atoms with Gasteiger partial charge in [-0.2, -0.15) is 0 Å². The number of ether oxygens (including phenoxy) is 5. The number of rotatable bonds is 17. The molecule has 5 aromatic carbocycles. The Morgan fingerprint density at radius 1 is 0.558 bits per heavy atom. The van der Waals surface area contributed by atoms with Crippen LogP contribution in [0.15, 0.2) is 150 Å². The maximum atomic E-state index is 7.07. The summed E-state index contributed by atoms with van der Waals surface area (Å²) >= 11 is 1.63. The van der Waals surface area contributed by atoms with Crippen molar-refractivity contribution in [2.75, 3.05) is 6.61 Å². The van der Waals surface area contributed by atoms with Crippen LogP contribution < -0.4 is 0 Å². The minimum atomic E-state index is -0.485. The molecule has 0 aliphatic carbocycles. The van der Waals surface area contributed by atoms with Gasteiger partial charge in [-0.1, -0.05) is 170 Å². The third-order valence-electron chi connectivity index (χ3n) is 8.85. The minimum Gasteiger partial charge on any atom is -0.374 e. The summed E-state index contributed by atoms with van der Waals surface area (Å²) in [5.74, 6) is 6.81. The third kappa shape index (κ3) is 11.4. The van der Waals surface area contributed by atoms with E-state index in [1.807, 2.05) is 78.9 Å². The van der Waals surface area contributed by atoms with Gasteiger partial charge in [0.2, 0.25) is 0 Å². The molecule has 0 spiro atoms. The molecule has 0 unspecified atom stereocenters. The summed E-state index contributed by atoms with van der Waals surface area (Å²) in [5.41, 5.74) is 4.86. The standard InChI is InChI=1S/C46H48O5S/c1-2-3-4-17-28-40-29-18-19-30-42(40)52-46-45(50-34-39-26-15-8-16-27-39)44(49-33-38-24-13-7-14-25-38)43(48-32-37-22-11-6-12-23-37)41(51-46)35-47-31-36-20-9-5-10-21-36/h5-16,18-27,29-30,41,43-46H,2-4,31-35H2,1H3/t41-,43-,44+,45-,46+/m1/s1. The molecule has 5 nitrogen and oxygen atoms in total. The van der Waals surface area contributed by atoms with E-state index in [9.17, 15) is 0 Å². The van der Waals surface area contributed by atoms with Gasteiger partial charge >= 0.3 is 0 Å². The fourth-order valence-corrected chi connectivity index (χ4v) is 7.28. The Bertz CT molecular complexity index is 1790. The molecule has 268 valence electrons. The number of benzene rings is 5. The summed E-state index contributed by atoms with van der Waals surface area (Å²) in [6, 6.07) is 49.2. The molecule has 0 amide bonds. The number of thioether (sulfide) groups is 1. The Hall–Kier alpha value is -4.19. The van der Waals surface area contributed by atoms with Crippen molar-refractivity contribution in [1.82, 2.24) is 0 Å². The lowest BCUT2D eigenvalue weighted by atomic mass is 9.98. The maximum absolute atomic E-state index is 7.07. The van der Waals surface area contributed by atoms with E-state index in [2.05, 4.69) is 85.5 Å². The van der Waals surface area contributed by atoms with E-state index in [0.717, 1.165) is 52.0 Å². The van der Waals surface area contributed by atoms with Crippen LogP contribution in [-0.2, 0) is 50.1 Å². The zero-order valence-corrected chi connectivity index (χ0v) is 30.7. The van der Waals surface area contributed by atoms with Crippen molar-refractivity contribution in [2.45, 2.75) is 87.4 Å². The van der Waals surface area contributed by atoms with Crippen molar-refractivity contribution < 1.29 is 23.7 Å². The first-order valence-electron chi connectivity index (χ1n) is 18.2. The van der Waals surface area contributed by atoms with E-state index in [1.54, 1.807) is 11.8 Å². The molecule has 52 heavy (non-hydrogen) atoms. The molecule has 5 aromatic rings. The Morgan fingerprint density at radius 2 is 1.04 bits per heavy atom. The van der Waals surface area contributed by atoms with Crippen LogP contribution in [0.25, 0.3) is 0 Å². The van der Waals surface area contributed by atoms with Crippen LogP contribution in [0.1, 0.15) is 54.0 Å². The summed E-state index contributed by atoms with van der Waals surface area (Å²) in [4.78, 5) is 1.04. The first kappa shape index (κ1) is 37.6. The van der Waals surface area contributed by atoms with Crippen LogP contribution in [0.5, 0.6) is 0 Å². The molecule has 5 atom stereocenters. The second-order valence-corrected chi connectivity index (χ2v) is 14.0. The van der Waals surface area contributed by atoms with Crippen LogP contribution in [0, 0.1) is 11.8 Å². The Balaban J connectivity index is 1.34. The van der Waals surface area contributed by atoms with Gasteiger partial charge < -0.3 is 23.7 Å². The first-order chi connectivity index (χ1) is 25.8. The lowest BCUT2D eigenvalue weighted by molar-refractivity contribution is -0.254. The van der Waals surface area contributed by atoms with Crippen LogP contribution in [0.4, 0.5) is 0 Å². The largest absolute Gasteiger partial charge is 0.374 e. The lowest BCUT2D eigenvalue weighted by Crippen LogP contribution is -2.60. The van der Waals surface area contributed by atoms with Crippen molar-refractivity contribution in [3.05, 3.63) is 173 Å². The van der Waals surface area contributed by atoms with Gasteiger partial charge in [-0.3, -0.25) is 0 Å². The number of unbranched alkanes of at least 4 members (excludes halogenated alkanes) is 2. The predicted octanol–water partition coefficient (Wildman–Crippen LogP) is 10.0. The smallest absolute Gasteiger partial charge is 0.137 e. The van der Waals surface area contributed by atoms with Crippen LogP contribution in [-0.4, -0.2) is 36.5 Å². The molecule has 1 saturated heterocycles. The van der Waals surface area contributed by atoms with E-state index in [1.165, 1.54) is 0 Å². The molecule has 0 radical (unpaired) electrons. The van der Waals surface area contributed by atoms with Crippen molar-refractivity contribution in [3.63, 3.8) is 0 Å². The molecule has 6 heteroatoms. The molecule has 0 N–H and O–H groups in total. The van der Waals surface area contributed by atoms with Gasteiger partial charge in [0.05, 0.1) is 33.0 Å². The molecule has 0 aromatic heterocycles. The second-order valence-electron chi connectivity index (χ2n) is 12.8. The molecular weight excluding hydrogens is 665 g/mol. The van der Waals surface area contributed by atoms with Crippen LogP contribution in [0.2, 0.25) is 0 Å². The van der Waals surface area contributed by atoms with E-state index in [-0.39, 0.29) is 0 Å². The molecule has 1 aliphatic heterocycles. The second kappa shape index (κ2) is 20.7. The van der Waals surface area contributed by atoms with Gasteiger partial charge in [-0.15, -0.1) is 0 Å². The van der Waals surface area contributed by atoms with Crippen LogP contribution >= 0.6 is 11.8 Å². The van der Waals surface area contributed by atoms with Gasteiger partial charge in [0.1, 0.15) is 29.9 Å². The van der Waals surface area contributed by atoms with Gasteiger partial charge in [0.15, 0.2) is 0 Å². The number of hydrogen-bond acceptors (Lipinski definition) is 6. The lowest BCUT2D eigenvalue weighted by Gasteiger charge is -2.46. The van der Waals surface area contributed by atoms with E-state index >= 15 is 0 Å². The summed E-state index contributed by atoms with van der Waals surface area (Å²) in [5, 5.41) is 0. The molecular formula is C46H48O5S. The average Bonchev–Trinajstić information content (AvgIpc) is 3.20. The van der Waals surface area contributed by atoms with Gasteiger partial charge in [-0.25, -0.2) is 0 Å².